The predicted molar refractivity (Wildman–Crippen MR) is 262 cm³/mol. The summed E-state index contributed by atoms with van der Waals surface area (Å²) in [5.74, 6) is -2.89. The number of hydrogen-bond donors (Lipinski definition) is 2. The first-order chi connectivity index (χ1) is 32.9. The minimum Gasteiger partial charge on any atom is -0.469 e. The maximum Gasteiger partial charge on any atom is 0.360 e. The number of rotatable bonds is 14. The number of nitrogens with zero attached hydrogens (tertiary/aromatic N) is 4. The van der Waals surface area contributed by atoms with Gasteiger partial charge in [0.15, 0.2) is 11.6 Å². The lowest BCUT2D eigenvalue weighted by Gasteiger charge is -2.31. The highest BCUT2D eigenvalue weighted by Gasteiger charge is 2.39. The van der Waals surface area contributed by atoms with E-state index in [1.54, 1.807) is 89.3 Å². The van der Waals surface area contributed by atoms with E-state index in [0.717, 1.165) is 43.4 Å². The van der Waals surface area contributed by atoms with Crippen LogP contribution in [0.25, 0.3) is 33.0 Å². The lowest BCUT2D eigenvalue weighted by atomic mass is 9.71. The molecule has 3 heterocycles. The van der Waals surface area contributed by atoms with Crippen molar-refractivity contribution >= 4 is 86.0 Å². The monoisotopic (exact) mass is 954 g/mol. The second kappa shape index (κ2) is 19.9. The molecule has 17 heteroatoms. The number of benzene rings is 3. The van der Waals surface area contributed by atoms with Gasteiger partial charge in [0.1, 0.15) is 17.0 Å². The highest BCUT2D eigenvalue weighted by molar-refractivity contribution is 8.01. The number of hydrogen-bond acceptors (Lipinski definition) is 13. The topological polar surface area (TPSA) is 217 Å². The summed E-state index contributed by atoms with van der Waals surface area (Å²) in [6.07, 6.45) is 8.94. The Kier molecular flexibility index (Phi) is 14.0. The van der Waals surface area contributed by atoms with Crippen molar-refractivity contribution in [2.75, 3.05) is 24.3 Å². The van der Waals surface area contributed by atoms with Crippen molar-refractivity contribution in [2.24, 2.45) is 5.41 Å². The summed E-state index contributed by atoms with van der Waals surface area (Å²) in [6, 6.07) is 14.9. The summed E-state index contributed by atoms with van der Waals surface area (Å²) in [5.41, 5.74) is 1.83. The van der Waals surface area contributed by atoms with Gasteiger partial charge in [-0.25, -0.2) is 4.79 Å². The number of carbonyl (C=O) groups excluding carboxylic acids is 7. The van der Waals surface area contributed by atoms with Crippen molar-refractivity contribution in [3.05, 3.63) is 105 Å². The zero-order chi connectivity index (χ0) is 49.3. The number of Topliss-reactive ketones (excluding diaryl/α,β-unsaturated/α-hetero) is 2. The average Bonchev–Trinajstić information content (AvgIpc) is 3.79. The lowest BCUT2D eigenvalue weighted by molar-refractivity contribution is -0.141. The predicted octanol–water partition coefficient (Wildman–Crippen LogP) is 8.38. The fraction of sp³-hybridized carbons (Fsp3) is 0.385. The molecule has 0 bridgehead atoms. The zero-order valence-corrected chi connectivity index (χ0v) is 40.3. The van der Waals surface area contributed by atoms with Crippen molar-refractivity contribution < 1.29 is 42.7 Å². The number of esters is 1. The Morgan fingerprint density at radius 1 is 0.826 bits per heavy atom. The first kappa shape index (κ1) is 48.4. The third-order valence-corrected chi connectivity index (χ3v) is 15.0. The summed E-state index contributed by atoms with van der Waals surface area (Å²) >= 11 is 1.46. The van der Waals surface area contributed by atoms with Gasteiger partial charge in [0.2, 0.25) is 11.8 Å². The molecule has 16 nitrogen and oxygen atoms in total. The Morgan fingerprint density at radius 2 is 1.52 bits per heavy atom. The number of allylic oxidation sites excluding steroid dienone is 4. The van der Waals surface area contributed by atoms with Crippen LogP contribution in [0.1, 0.15) is 113 Å². The number of nitrogens with one attached hydrogen (secondary N) is 2. The van der Waals surface area contributed by atoms with E-state index >= 15 is 0 Å². The van der Waals surface area contributed by atoms with Gasteiger partial charge in [-0.15, -0.1) is 16.9 Å². The minimum absolute atomic E-state index is 0.0325. The molecule has 4 amide bonds. The second-order valence-electron chi connectivity index (χ2n) is 18.6. The van der Waals surface area contributed by atoms with Gasteiger partial charge >= 0.3 is 11.6 Å². The molecular weight excluding hydrogens is 901 g/mol. The molecule has 5 aromatic rings. The van der Waals surface area contributed by atoms with Crippen molar-refractivity contribution in [3.63, 3.8) is 0 Å². The van der Waals surface area contributed by atoms with Gasteiger partial charge in [-0.2, -0.15) is 0 Å². The van der Waals surface area contributed by atoms with E-state index in [1.165, 1.54) is 36.0 Å². The number of ketones is 2. The fourth-order valence-electron chi connectivity index (χ4n) is 9.59. The number of methoxy groups -OCH3 is 1. The summed E-state index contributed by atoms with van der Waals surface area (Å²) in [5, 5.41) is 15.0. The molecule has 1 saturated carbocycles. The Morgan fingerprint density at radius 3 is 2.25 bits per heavy atom. The average molecular weight is 955 g/mol. The number of thioether (sulfide) groups is 1. The summed E-state index contributed by atoms with van der Waals surface area (Å²) in [6.45, 7) is 8.44. The van der Waals surface area contributed by atoms with E-state index < -0.39 is 45.9 Å². The normalized spacial score (nSPS) is 16.5. The van der Waals surface area contributed by atoms with E-state index in [0.29, 0.717) is 55.4 Å². The summed E-state index contributed by atoms with van der Waals surface area (Å²) < 4.78 is 12.0. The molecule has 1 unspecified atom stereocenters. The number of aromatic nitrogens is 3. The molecule has 0 radical (unpaired) electrons. The molecule has 2 aliphatic carbocycles. The molecule has 1 aliphatic heterocycles. The largest absolute Gasteiger partial charge is 0.469 e. The summed E-state index contributed by atoms with van der Waals surface area (Å²) in [4.78, 5) is 108. The van der Waals surface area contributed by atoms with Crippen LogP contribution < -0.4 is 16.3 Å². The Bertz CT molecular complexity index is 3080. The quantitative estimate of drug-likeness (QED) is 0.0463. The molecule has 1 fully saturated rings. The molecule has 3 aromatic carbocycles. The van der Waals surface area contributed by atoms with Gasteiger partial charge < -0.3 is 19.8 Å². The van der Waals surface area contributed by atoms with E-state index in [2.05, 4.69) is 20.9 Å². The van der Waals surface area contributed by atoms with Gasteiger partial charge in [0.25, 0.3) is 11.8 Å². The van der Waals surface area contributed by atoms with Crippen LogP contribution in [0.2, 0.25) is 0 Å². The van der Waals surface area contributed by atoms with Gasteiger partial charge in [-0.3, -0.25) is 43.1 Å². The third-order valence-electron chi connectivity index (χ3n) is 13.4. The van der Waals surface area contributed by atoms with Gasteiger partial charge in [-0.05, 0) is 63.9 Å². The highest BCUT2D eigenvalue weighted by Crippen LogP contribution is 2.40. The third kappa shape index (κ3) is 9.96. The fourth-order valence-corrected chi connectivity index (χ4v) is 11.1. The number of fused-ring (bicyclic) bond motifs is 1. The molecule has 358 valence electrons. The van der Waals surface area contributed by atoms with Crippen LogP contribution in [0.3, 0.4) is 0 Å². The standard InChI is InChI=1S/C52H54N6O10S/c1-28-29(2)47(62)45(30(3)46(28)61)52(4,5)26-42(59)53-37-20-19-36-44-34(37)15-12-16-35(44)49(64)58(50(36)65)22-21-57-27-39(55-56-57)31-17-18-32-23-38(51(66)68-40(32)24-31)54-48(63)41(25-43(60)67-6)69-33-13-10-8-7-9-11-14-33/h12,15-20,23-24,27,33,41H,7-11,13-14,21-22,25-26H2,1-6H3,(H,53,59)(H,54,63). The SMILES string of the molecule is COC(=O)CC(SC1CCCCCCC1)C(=O)Nc1cc2ccc(-c3cn(CCN4C(=O)c5cccc6c(NC(=O)CC(C)(C)C7=C(C)C(=O)C(C)=C(C)C7=O)ccc(c56)C4=O)nn3)cc2oc1=O. The van der Waals surface area contributed by atoms with Crippen molar-refractivity contribution in [1.29, 1.82) is 0 Å². The van der Waals surface area contributed by atoms with E-state index in [-0.39, 0.29) is 65.1 Å². The van der Waals surface area contributed by atoms with Crippen LogP contribution >= 0.6 is 11.8 Å². The summed E-state index contributed by atoms with van der Waals surface area (Å²) in [7, 11) is 1.28. The van der Waals surface area contributed by atoms with Gasteiger partial charge in [-0.1, -0.05) is 75.4 Å². The van der Waals surface area contributed by atoms with E-state index in [4.69, 9.17) is 9.15 Å². The van der Waals surface area contributed by atoms with Crippen LogP contribution in [0.15, 0.2) is 92.3 Å². The van der Waals surface area contributed by atoms with Crippen molar-refractivity contribution in [3.8, 4) is 11.3 Å². The number of amides is 4. The first-order valence-electron chi connectivity index (χ1n) is 23.2. The molecule has 8 rings (SSSR count). The first-order valence-corrected chi connectivity index (χ1v) is 24.1. The maximum absolute atomic E-state index is 13.9. The number of anilines is 2. The van der Waals surface area contributed by atoms with Crippen molar-refractivity contribution in [1.82, 2.24) is 19.9 Å². The van der Waals surface area contributed by atoms with Crippen LogP contribution in [0.4, 0.5) is 11.4 Å². The Labute approximate surface area is 402 Å². The van der Waals surface area contributed by atoms with Gasteiger partial charge in [0, 0.05) is 84.5 Å². The highest BCUT2D eigenvalue weighted by atomic mass is 32.2. The minimum atomic E-state index is -0.974. The molecule has 2 aromatic heterocycles. The van der Waals surface area contributed by atoms with E-state index in [9.17, 15) is 38.4 Å². The number of ether oxygens (including phenoxy) is 1. The van der Waals surface area contributed by atoms with Crippen LogP contribution in [-0.2, 0) is 35.3 Å². The molecule has 69 heavy (non-hydrogen) atoms. The van der Waals surface area contributed by atoms with Crippen molar-refractivity contribution in [2.45, 2.75) is 109 Å². The number of carbonyl (C=O) groups is 7. The molecule has 2 N–H and O–H groups in total. The Balaban J connectivity index is 0.925. The smallest absolute Gasteiger partial charge is 0.360 e. The molecule has 1 atom stereocenters. The molecule has 0 spiro atoms. The molecule has 3 aliphatic rings. The maximum atomic E-state index is 13.9. The zero-order valence-electron chi connectivity index (χ0n) is 39.5. The molecular formula is C52H54N6O10S. The van der Waals surface area contributed by atoms with Crippen LogP contribution in [-0.4, -0.2) is 85.2 Å². The number of imide groups is 1. The van der Waals surface area contributed by atoms with Crippen LogP contribution in [0.5, 0.6) is 0 Å². The van der Waals surface area contributed by atoms with E-state index in [1.807, 2.05) is 0 Å². The lowest BCUT2D eigenvalue weighted by Crippen LogP contribution is -2.42. The van der Waals surface area contributed by atoms with Gasteiger partial charge in [0.05, 0.1) is 31.5 Å². The second-order valence-corrected chi connectivity index (χ2v) is 20.1. The Hall–Kier alpha value is -7.01. The molecule has 0 saturated heterocycles. The van der Waals surface area contributed by atoms with Crippen LogP contribution in [0, 0.1) is 5.41 Å².